The quantitative estimate of drug-likeness (QED) is 0.448. The van der Waals surface area contributed by atoms with E-state index >= 15 is 0 Å². The van der Waals surface area contributed by atoms with Crippen molar-refractivity contribution < 1.29 is 9.90 Å². The Hall–Kier alpha value is -2.05. The van der Waals surface area contributed by atoms with Gasteiger partial charge in [-0.25, -0.2) is 0 Å². The van der Waals surface area contributed by atoms with Crippen molar-refractivity contribution in [3.05, 3.63) is 41.5 Å². The Bertz CT molecular complexity index is 995. The predicted molar refractivity (Wildman–Crippen MR) is 129 cm³/mol. The molecule has 4 rings (SSSR count). The number of hydrogen-bond donors (Lipinski definition) is 3. The first-order valence-corrected chi connectivity index (χ1v) is 11.4. The van der Waals surface area contributed by atoms with E-state index in [1.54, 1.807) is 0 Å². The minimum Gasteiger partial charge on any atom is -0.385 e. The highest BCUT2D eigenvalue weighted by Gasteiger charge is 2.58. The van der Waals surface area contributed by atoms with E-state index in [0.717, 1.165) is 30.5 Å². The summed E-state index contributed by atoms with van der Waals surface area (Å²) in [5.41, 5.74) is 4.36. The molecule has 1 fully saturated rings. The van der Waals surface area contributed by atoms with Gasteiger partial charge in [-0.2, -0.15) is 5.10 Å². The molecular weight excluding hydrogens is 406 g/mol. The highest BCUT2D eigenvalue weighted by Crippen LogP contribution is 2.61. The third kappa shape index (κ3) is 4.20. The molecule has 166 valence electrons. The van der Waals surface area contributed by atoms with Crippen molar-refractivity contribution in [2.45, 2.75) is 72.3 Å². The van der Waals surface area contributed by atoms with Crippen LogP contribution < -0.4 is 10.7 Å². The van der Waals surface area contributed by atoms with Crippen LogP contribution in [-0.4, -0.2) is 27.3 Å². The van der Waals surface area contributed by atoms with Crippen molar-refractivity contribution in [2.24, 2.45) is 21.3 Å². The number of allylic oxidation sites excluding steroid dienone is 1. The Kier molecular flexibility index (Phi) is 5.17. The van der Waals surface area contributed by atoms with Gasteiger partial charge in [0.05, 0.1) is 5.60 Å². The molecule has 5 nitrogen and oxygen atoms in total. The van der Waals surface area contributed by atoms with Gasteiger partial charge in [-0.05, 0) is 67.3 Å². The molecule has 0 saturated heterocycles. The molecule has 0 heterocycles. The van der Waals surface area contributed by atoms with Crippen molar-refractivity contribution in [3.63, 3.8) is 0 Å². The number of fused-ring (bicyclic) bond motifs is 3. The van der Waals surface area contributed by atoms with Crippen LogP contribution in [0.5, 0.6) is 0 Å². The van der Waals surface area contributed by atoms with Gasteiger partial charge >= 0.3 is 0 Å². The van der Waals surface area contributed by atoms with Crippen molar-refractivity contribution in [1.29, 1.82) is 0 Å². The first kappa shape index (κ1) is 22.2. The zero-order valence-corrected chi connectivity index (χ0v) is 19.9. The van der Waals surface area contributed by atoms with E-state index < -0.39 is 11.0 Å². The number of rotatable bonds is 2. The predicted octanol–water partition coefficient (Wildman–Crippen LogP) is 4.98. The maximum absolute atomic E-state index is 13.7. The lowest BCUT2D eigenvalue weighted by atomic mass is 9.49. The highest BCUT2D eigenvalue weighted by atomic mass is 32.1. The van der Waals surface area contributed by atoms with Crippen LogP contribution in [0.25, 0.3) is 0 Å². The monoisotopic (exact) mass is 439 g/mol. The number of aliphatic hydroxyl groups is 1. The van der Waals surface area contributed by atoms with Crippen LogP contribution in [0.1, 0.15) is 66.7 Å². The standard InChI is InChI=1S/C25H33N3O2S/c1-22(2)13-24(5)12-16-11-23(3,4)20(19(29)18(16)25(30,14-22)15-24)27-28-21(31)26-17-9-7-6-8-10-17/h6-10,30H,11-15H2,1-5H3,(H2,26,28,31). The smallest absolute Gasteiger partial charge is 0.208 e. The molecule has 1 saturated carbocycles. The summed E-state index contributed by atoms with van der Waals surface area (Å²) >= 11 is 5.37. The van der Waals surface area contributed by atoms with Gasteiger partial charge in [0, 0.05) is 16.7 Å². The number of anilines is 1. The molecule has 2 bridgehead atoms. The SMILES string of the molecule is CC1(C)CC2(C)CC3=C(C(=O)C(=NNC(=S)Nc4ccccc4)C(C)(C)C3)C(O)(C1)C2. The number of nitrogens with one attached hydrogen (secondary N) is 2. The average molecular weight is 440 g/mol. The molecule has 31 heavy (non-hydrogen) atoms. The van der Waals surface area contributed by atoms with Gasteiger partial charge in [-0.3, -0.25) is 10.2 Å². The summed E-state index contributed by atoms with van der Waals surface area (Å²) in [6.45, 7) is 10.7. The number of hydrogen-bond acceptors (Lipinski definition) is 4. The van der Waals surface area contributed by atoms with E-state index in [2.05, 4.69) is 36.6 Å². The number of carbonyl (C=O) groups excluding carboxylic acids is 1. The van der Waals surface area contributed by atoms with Crippen LogP contribution in [0.2, 0.25) is 0 Å². The summed E-state index contributed by atoms with van der Waals surface area (Å²) in [4.78, 5) is 13.7. The van der Waals surface area contributed by atoms with Gasteiger partial charge in [-0.1, -0.05) is 58.4 Å². The Morgan fingerprint density at radius 3 is 2.39 bits per heavy atom. The van der Waals surface area contributed by atoms with E-state index in [-0.39, 0.29) is 16.6 Å². The molecule has 3 aliphatic rings. The molecule has 0 radical (unpaired) electrons. The van der Waals surface area contributed by atoms with Gasteiger partial charge in [-0.15, -0.1) is 0 Å². The maximum atomic E-state index is 13.7. The lowest BCUT2D eigenvalue weighted by molar-refractivity contribution is -0.119. The molecule has 6 heteroatoms. The summed E-state index contributed by atoms with van der Waals surface area (Å²) in [5.74, 6) is -0.136. The Balaban J connectivity index is 1.63. The van der Waals surface area contributed by atoms with E-state index in [1.165, 1.54) is 0 Å². The highest BCUT2D eigenvalue weighted by molar-refractivity contribution is 7.80. The normalized spacial score (nSPS) is 32.5. The molecule has 1 aromatic carbocycles. The number of nitrogens with zero attached hydrogens (tertiary/aromatic N) is 1. The van der Waals surface area contributed by atoms with Crippen LogP contribution in [0, 0.1) is 16.2 Å². The third-order valence-electron chi connectivity index (χ3n) is 6.89. The summed E-state index contributed by atoms with van der Waals surface area (Å²) < 4.78 is 0. The van der Waals surface area contributed by atoms with E-state index in [9.17, 15) is 9.90 Å². The lowest BCUT2D eigenvalue weighted by Crippen LogP contribution is -2.56. The molecule has 2 unspecified atom stereocenters. The average Bonchev–Trinajstić information content (AvgIpc) is 2.57. The Labute approximate surface area is 190 Å². The second-order valence-corrected chi connectivity index (χ2v) is 11.9. The Morgan fingerprint density at radius 1 is 1.03 bits per heavy atom. The molecule has 0 amide bonds. The van der Waals surface area contributed by atoms with Gasteiger partial charge in [0.2, 0.25) is 5.78 Å². The zero-order valence-electron chi connectivity index (χ0n) is 19.1. The van der Waals surface area contributed by atoms with E-state index in [1.807, 2.05) is 44.2 Å². The fraction of sp³-hybridized carbons (Fsp3) is 0.560. The lowest BCUT2D eigenvalue weighted by Gasteiger charge is -2.57. The Morgan fingerprint density at radius 2 is 1.71 bits per heavy atom. The second kappa shape index (κ2) is 7.24. The molecule has 3 N–H and O–H groups in total. The summed E-state index contributed by atoms with van der Waals surface area (Å²) in [6.07, 6.45) is 3.91. The first-order valence-electron chi connectivity index (χ1n) is 11.0. The van der Waals surface area contributed by atoms with Crippen LogP contribution >= 0.6 is 12.2 Å². The first-order chi connectivity index (χ1) is 14.3. The van der Waals surface area contributed by atoms with Gasteiger partial charge < -0.3 is 10.4 Å². The van der Waals surface area contributed by atoms with Crippen molar-refractivity contribution >= 4 is 34.5 Å². The molecular formula is C25H33N3O2S. The summed E-state index contributed by atoms with van der Waals surface area (Å²) in [6, 6.07) is 9.59. The van der Waals surface area contributed by atoms with Crippen molar-refractivity contribution in [2.75, 3.05) is 5.32 Å². The number of Topliss-reactive ketones (excluding diaryl/α,β-unsaturated/α-hetero) is 1. The summed E-state index contributed by atoms with van der Waals surface area (Å²) in [7, 11) is 0. The van der Waals surface area contributed by atoms with Crippen LogP contribution in [0.3, 0.4) is 0 Å². The second-order valence-electron chi connectivity index (χ2n) is 11.5. The fourth-order valence-corrected chi connectivity index (χ4v) is 6.79. The van der Waals surface area contributed by atoms with Crippen LogP contribution in [-0.2, 0) is 4.79 Å². The van der Waals surface area contributed by atoms with Crippen molar-refractivity contribution in [3.8, 4) is 0 Å². The van der Waals surface area contributed by atoms with E-state index in [0.29, 0.717) is 29.2 Å². The summed E-state index contributed by atoms with van der Waals surface area (Å²) in [5, 5.41) is 19.6. The topological polar surface area (TPSA) is 73.7 Å². The number of benzene rings is 1. The number of ketones is 1. The van der Waals surface area contributed by atoms with Crippen LogP contribution in [0.15, 0.2) is 46.6 Å². The molecule has 0 aromatic heterocycles. The maximum Gasteiger partial charge on any atom is 0.208 e. The molecule has 1 aromatic rings. The zero-order chi connectivity index (χ0) is 22.7. The molecule has 3 aliphatic carbocycles. The minimum atomic E-state index is -1.08. The van der Waals surface area contributed by atoms with Gasteiger partial charge in [0.15, 0.2) is 5.11 Å². The van der Waals surface area contributed by atoms with Gasteiger partial charge in [0.25, 0.3) is 0 Å². The molecule has 0 aliphatic heterocycles. The van der Waals surface area contributed by atoms with Crippen molar-refractivity contribution in [1.82, 2.24) is 5.43 Å². The molecule has 2 atom stereocenters. The van der Waals surface area contributed by atoms with Crippen LogP contribution in [0.4, 0.5) is 5.69 Å². The largest absolute Gasteiger partial charge is 0.385 e. The van der Waals surface area contributed by atoms with Gasteiger partial charge in [0.1, 0.15) is 5.71 Å². The third-order valence-corrected chi connectivity index (χ3v) is 7.09. The fourth-order valence-electron chi connectivity index (χ4n) is 6.63. The number of carbonyl (C=O) groups is 1. The number of thiocarbonyl (C=S) groups is 1. The van der Waals surface area contributed by atoms with E-state index in [4.69, 9.17) is 12.2 Å². The minimum absolute atomic E-state index is 0.00967. The molecule has 0 spiro atoms. The number of hydrazone groups is 1. The number of para-hydroxylation sites is 1.